The molecule has 18 heavy (non-hydrogen) atoms. The van der Waals surface area contributed by atoms with Gasteiger partial charge in [0.05, 0.1) is 0 Å². The van der Waals surface area contributed by atoms with E-state index >= 15 is 0 Å². The minimum Gasteiger partial charge on any atom is -0.316 e. The standard InChI is InChI=1S/C16H21NO/c1-2-3-11-17-12-10-14-9-8-13-6-4-5-7-15(13)16(14)18/h2,4-7,14,17H,1,3,8-12H2. The number of nitrogens with one attached hydrogen (secondary N) is 1. The highest BCUT2D eigenvalue weighted by atomic mass is 16.1. The number of carbonyl (C=O) groups excluding carboxylic acids is 1. The molecule has 0 saturated heterocycles. The first-order valence-corrected chi connectivity index (χ1v) is 6.76. The summed E-state index contributed by atoms with van der Waals surface area (Å²) in [6, 6.07) is 8.02. The second-order valence-corrected chi connectivity index (χ2v) is 4.87. The van der Waals surface area contributed by atoms with Crippen LogP contribution >= 0.6 is 0 Å². The zero-order valence-electron chi connectivity index (χ0n) is 10.8. The molecule has 2 heteroatoms. The molecule has 0 aliphatic heterocycles. The molecule has 1 aliphatic carbocycles. The van der Waals surface area contributed by atoms with Gasteiger partial charge in [-0.15, -0.1) is 6.58 Å². The fraction of sp³-hybridized carbons (Fsp3) is 0.438. The van der Waals surface area contributed by atoms with Gasteiger partial charge in [0.15, 0.2) is 5.78 Å². The van der Waals surface area contributed by atoms with Crippen LogP contribution in [0.4, 0.5) is 0 Å². The molecule has 0 spiro atoms. The van der Waals surface area contributed by atoms with E-state index in [0.29, 0.717) is 5.78 Å². The summed E-state index contributed by atoms with van der Waals surface area (Å²) < 4.78 is 0. The lowest BCUT2D eigenvalue weighted by atomic mass is 9.81. The van der Waals surface area contributed by atoms with Gasteiger partial charge < -0.3 is 5.32 Å². The van der Waals surface area contributed by atoms with Crippen molar-refractivity contribution < 1.29 is 4.79 Å². The van der Waals surface area contributed by atoms with Crippen LogP contribution in [-0.2, 0) is 6.42 Å². The van der Waals surface area contributed by atoms with E-state index in [1.807, 2.05) is 24.3 Å². The van der Waals surface area contributed by atoms with Crippen LogP contribution in [0.15, 0.2) is 36.9 Å². The van der Waals surface area contributed by atoms with Crippen molar-refractivity contribution in [3.05, 3.63) is 48.0 Å². The molecule has 1 aromatic rings. The third-order valence-electron chi connectivity index (χ3n) is 3.61. The van der Waals surface area contributed by atoms with Crippen LogP contribution in [0, 0.1) is 5.92 Å². The highest BCUT2D eigenvalue weighted by Crippen LogP contribution is 2.27. The van der Waals surface area contributed by atoms with Gasteiger partial charge in [0, 0.05) is 11.5 Å². The number of rotatable bonds is 6. The van der Waals surface area contributed by atoms with Gasteiger partial charge in [-0.2, -0.15) is 0 Å². The Morgan fingerprint density at radius 3 is 3.00 bits per heavy atom. The van der Waals surface area contributed by atoms with Crippen molar-refractivity contribution in [2.45, 2.75) is 25.7 Å². The third-order valence-corrected chi connectivity index (χ3v) is 3.61. The number of aryl methyl sites for hydroxylation is 1. The highest BCUT2D eigenvalue weighted by Gasteiger charge is 2.26. The molecule has 0 fully saturated rings. The average Bonchev–Trinajstić information content (AvgIpc) is 2.41. The number of ketones is 1. The molecule has 1 aliphatic rings. The van der Waals surface area contributed by atoms with Crippen molar-refractivity contribution in [2.24, 2.45) is 5.92 Å². The van der Waals surface area contributed by atoms with Crippen molar-refractivity contribution in [2.75, 3.05) is 13.1 Å². The Labute approximate surface area is 109 Å². The van der Waals surface area contributed by atoms with Crippen molar-refractivity contribution in [1.29, 1.82) is 0 Å². The Morgan fingerprint density at radius 1 is 1.33 bits per heavy atom. The number of hydrogen-bond donors (Lipinski definition) is 1. The van der Waals surface area contributed by atoms with E-state index in [1.165, 1.54) is 5.56 Å². The van der Waals surface area contributed by atoms with E-state index in [-0.39, 0.29) is 5.92 Å². The molecular weight excluding hydrogens is 222 g/mol. The van der Waals surface area contributed by atoms with Gasteiger partial charge in [0.2, 0.25) is 0 Å². The maximum absolute atomic E-state index is 12.3. The van der Waals surface area contributed by atoms with Crippen molar-refractivity contribution in [3.8, 4) is 0 Å². The molecule has 0 amide bonds. The van der Waals surface area contributed by atoms with Gasteiger partial charge in [0.25, 0.3) is 0 Å². The van der Waals surface area contributed by atoms with Crippen LogP contribution in [0.5, 0.6) is 0 Å². The van der Waals surface area contributed by atoms with Gasteiger partial charge in [-0.05, 0) is 44.3 Å². The predicted octanol–water partition coefficient (Wildman–Crippen LogP) is 2.99. The summed E-state index contributed by atoms with van der Waals surface area (Å²) in [5, 5.41) is 3.35. The summed E-state index contributed by atoms with van der Waals surface area (Å²) in [5.74, 6) is 0.540. The number of Topliss-reactive ketones (excluding diaryl/α,β-unsaturated/α-hetero) is 1. The molecule has 0 saturated carbocycles. The monoisotopic (exact) mass is 243 g/mol. The minimum atomic E-state index is 0.205. The van der Waals surface area contributed by atoms with Crippen LogP contribution in [0.25, 0.3) is 0 Å². The first-order chi connectivity index (χ1) is 8.83. The van der Waals surface area contributed by atoms with E-state index in [4.69, 9.17) is 0 Å². The topological polar surface area (TPSA) is 29.1 Å². The molecule has 1 unspecified atom stereocenters. The van der Waals surface area contributed by atoms with Crippen LogP contribution in [0.3, 0.4) is 0 Å². The quantitative estimate of drug-likeness (QED) is 0.614. The van der Waals surface area contributed by atoms with Gasteiger partial charge in [-0.1, -0.05) is 30.3 Å². The van der Waals surface area contributed by atoms with E-state index in [9.17, 15) is 4.79 Å². The summed E-state index contributed by atoms with van der Waals surface area (Å²) >= 11 is 0. The lowest BCUT2D eigenvalue weighted by molar-refractivity contribution is 0.0895. The molecule has 2 nitrogen and oxygen atoms in total. The lowest BCUT2D eigenvalue weighted by Crippen LogP contribution is -2.27. The molecule has 0 aromatic heterocycles. The van der Waals surface area contributed by atoms with Gasteiger partial charge in [-0.3, -0.25) is 4.79 Å². The molecular formula is C16H21NO. The Bertz CT molecular complexity index is 425. The van der Waals surface area contributed by atoms with Gasteiger partial charge in [0.1, 0.15) is 0 Å². The lowest BCUT2D eigenvalue weighted by Gasteiger charge is -2.23. The molecule has 96 valence electrons. The van der Waals surface area contributed by atoms with Gasteiger partial charge >= 0.3 is 0 Å². The van der Waals surface area contributed by atoms with Crippen molar-refractivity contribution in [3.63, 3.8) is 0 Å². The highest BCUT2D eigenvalue weighted by molar-refractivity contribution is 6.00. The van der Waals surface area contributed by atoms with Crippen LogP contribution in [0.2, 0.25) is 0 Å². The summed E-state index contributed by atoms with van der Waals surface area (Å²) in [7, 11) is 0. The van der Waals surface area contributed by atoms with E-state index in [1.54, 1.807) is 0 Å². The molecule has 2 rings (SSSR count). The molecule has 1 N–H and O–H groups in total. The molecule has 0 bridgehead atoms. The maximum Gasteiger partial charge on any atom is 0.166 e. The smallest absolute Gasteiger partial charge is 0.166 e. The Morgan fingerprint density at radius 2 is 2.17 bits per heavy atom. The Hall–Kier alpha value is -1.41. The normalized spacial score (nSPS) is 18.4. The van der Waals surface area contributed by atoms with Crippen molar-refractivity contribution >= 4 is 5.78 Å². The van der Waals surface area contributed by atoms with E-state index < -0.39 is 0 Å². The summed E-state index contributed by atoms with van der Waals surface area (Å²) in [6.45, 7) is 5.57. The third kappa shape index (κ3) is 3.08. The second-order valence-electron chi connectivity index (χ2n) is 4.87. The van der Waals surface area contributed by atoms with Crippen molar-refractivity contribution in [1.82, 2.24) is 5.32 Å². The zero-order chi connectivity index (χ0) is 12.8. The van der Waals surface area contributed by atoms with E-state index in [2.05, 4.69) is 18.0 Å². The fourth-order valence-corrected chi connectivity index (χ4v) is 2.54. The second kappa shape index (κ2) is 6.50. The van der Waals surface area contributed by atoms with Crippen LogP contribution < -0.4 is 5.32 Å². The summed E-state index contributed by atoms with van der Waals surface area (Å²) in [5.41, 5.74) is 2.17. The largest absolute Gasteiger partial charge is 0.316 e. The average molecular weight is 243 g/mol. The Balaban J connectivity index is 1.86. The number of fused-ring (bicyclic) bond motifs is 1. The zero-order valence-corrected chi connectivity index (χ0v) is 10.8. The SMILES string of the molecule is C=CCCNCCC1CCc2ccccc2C1=O. The first kappa shape index (κ1) is 13.0. The molecule has 1 atom stereocenters. The Kier molecular flexibility index (Phi) is 4.71. The number of carbonyl (C=O) groups is 1. The summed E-state index contributed by atoms with van der Waals surface area (Å²) in [6.07, 6.45) is 5.89. The molecule has 0 radical (unpaired) electrons. The number of hydrogen-bond acceptors (Lipinski definition) is 2. The fourth-order valence-electron chi connectivity index (χ4n) is 2.54. The van der Waals surface area contributed by atoms with E-state index in [0.717, 1.165) is 44.3 Å². The number of benzene rings is 1. The minimum absolute atomic E-state index is 0.205. The first-order valence-electron chi connectivity index (χ1n) is 6.76. The van der Waals surface area contributed by atoms with Crippen LogP contribution in [0.1, 0.15) is 35.2 Å². The molecule has 1 aromatic carbocycles. The summed E-state index contributed by atoms with van der Waals surface area (Å²) in [4.78, 5) is 12.3. The van der Waals surface area contributed by atoms with Crippen LogP contribution in [-0.4, -0.2) is 18.9 Å². The molecule has 0 heterocycles. The maximum atomic E-state index is 12.3. The van der Waals surface area contributed by atoms with Gasteiger partial charge in [-0.25, -0.2) is 0 Å². The predicted molar refractivity (Wildman–Crippen MR) is 74.9 cm³/mol.